The lowest BCUT2D eigenvalue weighted by Gasteiger charge is -2.15. The van der Waals surface area contributed by atoms with Gasteiger partial charge in [0.15, 0.2) is 0 Å². The van der Waals surface area contributed by atoms with E-state index in [1.807, 2.05) is 24.3 Å². The van der Waals surface area contributed by atoms with Crippen LogP contribution in [0.5, 0.6) is 5.75 Å². The number of nitrogens with one attached hydrogen (secondary N) is 3. The number of amides is 1. The van der Waals surface area contributed by atoms with Crippen LogP contribution in [-0.4, -0.2) is 37.4 Å². The summed E-state index contributed by atoms with van der Waals surface area (Å²) in [4.78, 5) is 20.3. The number of rotatable bonds is 7. The standard InChI is InChI=1S/C20H24N4O4S/c1-12(2)24-29(26,27)18-11-14(9-10-17(18)28-4)20(25)21-13(3)19-22-15-7-5-6-8-16(15)23-19/h5-13,24H,1-4H3,(H,21,25)(H,22,23). The number of hydrogen-bond acceptors (Lipinski definition) is 5. The van der Waals surface area contributed by atoms with E-state index in [0.29, 0.717) is 5.82 Å². The van der Waals surface area contributed by atoms with Crippen molar-refractivity contribution in [2.45, 2.75) is 37.8 Å². The van der Waals surface area contributed by atoms with E-state index in [0.717, 1.165) is 11.0 Å². The molecule has 0 radical (unpaired) electrons. The molecule has 1 heterocycles. The Labute approximate surface area is 169 Å². The third kappa shape index (κ3) is 4.57. The van der Waals surface area contributed by atoms with E-state index >= 15 is 0 Å². The maximum atomic E-state index is 12.7. The molecular formula is C20H24N4O4S. The van der Waals surface area contributed by atoms with Crippen LogP contribution in [0.15, 0.2) is 47.4 Å². The van der Waals surface area contributed by atoms with Crippen LogP contribution in [0.25, 0.3) is 11.0 Å². The van der Waals surface area contributed by atoms with Gasteiger partial charge in [0.25, 0.3) is 5.91 Å². The molecule has 2 aromatic carbocycles. The summed E-state index contributed by atoms with van der Waals surface area (Å²) in [7, 11) is -2.45. The van der Waals surface area contributed by atoms with Crippen molar-refractivity contribution < 1.29 is 17.9 Å². The Hall–Kier alpha value is -2.91. The SMILES string of the molecule is COc1ccc(C(=O)NC(C)c2nc3ccccc3[nH]2)cc1S(=O)(=O)NC(C)C. The molecule has 1 amide bonds. The Balaban J connectivity index is 1.86. The number of ether oxygens (including phenoxy) is 1. The van der Waals surface area contributed by atoms with Gasteiger partial charge in [-0.3, -0.25) is 4.79 Å². The van der Waals surface area contributed by atoms with Gasteiger partial charge < -0.3 is 15.0 Å². The van der Waals surface area contributed by atoms with Crippen LogP contribution >= 0.6 is 0 Å². The van der Waals surface area contributed by atoms with Crippen LogP contribution in [0.2, 0.25) is 0 Å². The number of H-pyrrole nitrogens is 1. The summed E-state index contributed by atoms with van der Waals surface area (Å²) in [5, 5.41) is 2.84. The van der Waals surface area contributed by atoms with E-state index in [2.05, 4.69) is 20.0 Å². The molecule has 3 N–H and O–H groups in total. The second-order valence-electron chi connectivity index (χ2n) is 6.98. The predicted molar refractivity (Wildman–Crippen MR) is 110 cm³/mol. The number of nitrogens with zero attached hydrogens (tertiary/aromatic N) is 1. The van der Waals surface area contributed by atoms with Crippen LogP contribution in [0.4, 0.5) is 0 Å². The Kier molecular flexibility index (Phi) is 5.90. The van der Waals surface area contributed by atoms with E-state index in [4.69, 9.17) is 4.74 Å². The van der Waals surface area contributed by atoms with Crippen LogP contribution in [0.3, 0.4) is 0 Å². The van der Waals surface area contributed by atoms with Gasteiger partial charge in [-0.15, -0.1) is 0 Å². The third-order valence-electron chi connectivity index (χ3n) is 4.27. The quantitative estimate of drug-likeness (QED) is 0.548. The van der Waals surface area contributed by atoms with Crippen LogP contribution in [0.1, 0.15) is 43.0 Å². The zero-order chi connectivity index (χ0) is 21.2. The third-order valence-corrected chi connectivity index (χ3v) is 5.95. The molecule has 0 saturated carbocycles. The molecule has 0 aliphatic heterocycles. The van der Waals surface area contributed by atoms with Crippen molar-refractivity contribution in [3.05, 3.63) is 53.9 Å². The minimum atomic E-state index is -3.83. The summed E-state index contributed by atoms with van der Waals surface area (Å²) in [6.45, 7) is 5.24. The van der Waals surface area contributed by atoms with Gasteiger partial charge in [0.05, 0.1) is 24.2 Å². The Bertz CT molecular complexity index is 1110. The van der Waals surface area contributed by atoms with Gasteiger partial charge in [-0.05, 0) is 51.1 Å². The van der Waals surface area contributed by atoms with Gasteiger partial charge in [0.2, 0.25) is 10.0 Å². The number of sulfonamides is 1. The molecule has 3 aromatic rings. The van der Waals surface area contributed by atoms with E-state index < -0.39 is 22.0 Å². The van der Waals surface area contributed by atoms with Gasteiger partial charge in [-0.25, -0.2) is 18.1 Å². The number of fused-ring (bicyclic) bond motifs is 1. The molecule has 154 valence electrons. The normalized spacial score (nSPS) is 12.9. The lowest BCUT2D eigenvalue weighted by Crippen LogP contribution is -2.31. The Morgan fingerprint density at radius 1 is 1.14 bits per heavy atom. The van der Waals surface area contributed by atoms with Crippen molar-refractivity contribution in [2.24, 2.45) is 0 Å². The molecule has 0 saturated heterocycles. The number of methoxy groups -OCH3 is 1. The Morgan fingerprint density at radius 3 is 2.52 bits per heavy atom. The summed E-state index contributed by atoms with van der Waals surface area (Å²) in [5.41, 5.74) is 1.89. The summed E-state index contributed by atoms with van der Waals surface area (Å²) < 4.78 is 32.9. The molecule has 1 unspecified atom stereocenters. The second kappa shape index (κ2) is 8.22. The molecule has 1 atom stereocenters. The fraction of sp³-hybridized carbons (Fsp3) is 0.300. The highest BCUT2D eigenvalue weighted by atomic mass is 32.2. The van der Waals surface area contributed by atoms with E-state index in [9.17, 15) is 13.2 Å². The topological polar surface area (TPSA) is 113 Å². The van der Waals surface area contributed by atoms with Crippen molar-refractivity contribution in [1.82, 2.24) is 20.0 Å². The number of carbonyl (C=O) groups is 1. The summed E-state index contributed by atoms with van der Waals surface area (Å²) >= 11 is 0. The van der Waals surface area contributed by atoms with Gasteiger partial charge in [-0.1, -0.05) is 12.1 Å². The number of carbonyl (C=O) groups excluding carboxylic acids is 1. The average molecular weight is 417 g/mol. The maximum absolute atomic E-state index is 12.7. The molecule has 0 bridgehead atoms. The average Bonchev–Trinajstić information content (AvgIpc) is 3.11. The molecule has 0 fully saturated rings. The molecule has 1 aromatic heterocycles. The Morgan fingerprint density at radius 2 is 1.86 bits per heavy atom. The van der Waals surface area contributed by atoms with Crippen molar-refractivity contribution in [3.8, 4) is 5.75 Å². The van der Waals surface area contributed by atoms with Crippen LogP contribution in [0, 0.1) is 0 Å². The number of imidazole rings is 1. The molecule has 8 nitrogen and oxygen atoms in total. The lowest BCUT2D eigenvalue weighted by molar-refractivity contribution is 0.0938. The summed E-state index contributed by atoms with van der Waals surface area (Å²) in [6, 6.07) is 11.2. The monoisotopic (exact) mass is 416 g/mol. The maximum Gasteiger partial charge on any atom is 0.251 e. The van der Waals surface area contributed by atoms with E-state index in [1.165, 1.54) is 25.3 Å². The van der Waals surface area contributed by atoms with Crippen molar-refractivity contribution >= 4 is 27.0 Å². The molecular weight excluding hydrogens is 392 g/mol. The molecule has 3 rings (SSSR count). The number of benzene rings is 2. The fourth-order valence-electron chi connectivity index (χ4n) is 2.93. The smallest absolute Gasteiger partial charge is 0.251 e. The van der Waals surface area contributed by atoms with Crippen LogP contribution < -0.4 is 14.8 Å². The zero-order valence-electron chi connectivity index (χ0n) is 16.7. The van der Waals surface area contributed by atoms with E-state index in [-0.39, 0.29) is 22.3 Å². The lowest BCUT2D eigenvalue weighted by atomic mass is 10.2. The first-order valence-corrected chi connectivity index (χ1v) is 10.7. The van der Waals surface area contributed by atoms with Gasteiger partial charge in [0, 0.05) is 11.6 Å². The number of hydrogen-bond donors (Lipinski definition) is 3. The number of aromatic nitrogens is 2. The first kappa shape index (κ1) is 20.8. The molecule has 0 aliphatic carbocycles. The highest BCUT2D eigenvalue weighted by Gasteiger charge is 2.23. The minimum Gasteiger partial charge on any atom is -0.495 e. The zero-order valence-corrected chi connectivity index (χ0v) is 17.5. The molecule has 29 heavy (non-hydrogen) atoms. The molecule has 9 heteroatoms. The van der Waals surface area contributed by atoms with Crippen molar-refractivity contribution in [3.63, 3.8) is 0 Å². The summed E-state index contributed by atoms with van der Waals surface area (Å²) in [5.74, 6) is 0.365. The minimum absolute atomic E-state index is 0.0854. The van der Waals surface area contributed by atoms with E-state index in [1.54, 1.807) is 20.8 Å². The fourth-order valence-corrected chi connectivity index (χ4v) is 4.37. The first-order valence-electron chi connectivity index (χ1n) is 9.17. The second-order valence-corrected chi connectivity index (χ2v) is 8.66. The van der Waals surface area contributed by atoms with Gasteiger partial charge >= 0.3 is 0 Å². The van der Waals surface area contributed by atoms with Gasteiger partial charge in [-0.2, -0.15) is 0 Å². The first-order chi connectivity index (χ1) is 13.7. The molecule has 0 spiro atoms. The van der Waals surface area contributed by atoms with Crippen LogP contribution in [-0.2, 0) is 10.0 Å². The highest BCUT2D eigenvalue weighted by molar-refractivity contribution is 7.89. The number of aromatic amines is 1. The predicted octanol–water partition coefficient (Wildman–Crippen LogP) is 2.75. The van der Waals surface area contributed by atoms with Gasteiger partial charge in [0.1, 0.15) is 16.5 Å². The van der Waals surface area contributed by atoms with Crippen molar-refractivity contribution in [1.29, 1.82) is 0 Å². The summed E-state index contributed by atoms with van der Waals surface area (Å²) in [6.07, 6.45) is 0. The highest BCUT2D eigenvalue weighted by Crippen LogP contribution is 2.25. The molecule has 0 aliphatic rings. The largest absolute Gasteiger partial charge is 0.495 e. The van der Waals surface area contributed by atoms with Crippen molar-refractivity contribution in [2.75, 3.05) is 7.11 Å². The number of para-hydroxylation sites is 2.